The minimum absolute atomic E-state index is 0.342. The van der Waals surface area contributed by atoms with Crippen LogP contribution in [0.25, 0.3) is 0 Å². The molecule has 0 amide bonds. The Labute approximate surface area is 128 Å². The molecule has 0 fully saturated rings. The summed E-state index contributed by atoms with van der Waals surface area (Å²) < 4.78 is 26.4. The van der Waals surface area contributed by atoms with E-state index in [0.717, 1.165) is 37.8 Å². The second kappa shape index (κ2) is 9.88. The quantitative estimate of drug-likeness (QED) is 0.634. The van der Waals surface area contributed by atoms with Gasteiger partial charge in [-0.2, -0.15) is 0 Å². The molecule has 0 aliphatic carbocycles. The molecule has 0 saturated carbocycles. The van der Waals surface area contributed by atoms with Crippen LogP contribution in [0.3, 0.4) is 0 Å². The molecule has 0 bridgehead atoms. The van der Waals surface area contributed by atoms with Crippen molar-refractivity contribution in [2.45, 2.75) is 65.3 Å². The zero-order valence-electron chi connectivity index (χ0n) is 13.6. The Morgan fingerprint density at radius 2 is 1.62 bits per heavy atom. The van der Waals surface area contributed by atoms with Gasteiger partial charge in [-0.3, -0.25) is 0 Å². The first kappa shape index (κ1) is 18.1. The zero-order valence-corrected chi connectivity index (χ0v) is 13.6. The normalized spacial score (nSPS) is 12.9. The molecule has 1 aromatic carbocycles. The Morgan fingerprint density at radius 3 is 2.14 bits per heavy atom. The first-order chi connectivity index (χ1) is 10.1. The Kier molecular flexibility index (Phi) is 8.51. The van der Waals surface area contributed by atoms with Gasteiger partial charge in [0.2, 0.25) is 0 Å². The van der Waals surface area contributed by atoms with Gasteiger partial charge in [-0.25, -0.2) is 8.78 Å². The third-order valence-electron chi connectivity index (χ3n) is 3.98. The Morgan fingerprint density at radius 1 is 0.952 bits per heavy atom. The molecule has 120 valence electrons. The number of benzene rings is 1. The highest BCUT2D eigenvalue weighted by Gasteiger charge is 2.20. The molecule has 1 N–H and O–H groups in total. The van der Waals surface area contributed by atoms with Gasteiger partial charge in [-0.1, -0.05) is 39.7 Å². The van der Waals surface area contributed by atoms with E-state index in [-0.39, 0.29) is 0 Å². The van der Waals surface area contributed by atoms with Crippen LogP contribution < -0.4 is 5.32 Å². The SMILES string of the molecule is CCCNC(Cc1ccc(F)c(F)c1)C(CCC)CCC. The smallest absolute Gasteiger partial charge is 0.159 e. The summed E-state index contributed by atoms with van der Waals surface area (Å²) in [7, 11) is 0. The standard InChI is InChI=1S/C18H29F2N/c1-4-7-15(8-5-2)18(21-11-6-3)13-14-9-10-16(19)17(20)12-14/h9-10,12,15,18,21H,4-8,11,13H2,1-3H3. The summed E-state index contributed by atoms with van der Waals surface area (Å²) in [6.45, 7) is 7.53. The predicted molar refractivity (Wildman–Crippen MR) is 85.4 cm³/mol. The van der Waals surface area contributed by atoms with Crippen LogP contribution in [-0.2, 0) is 6.42 Å². The summed E-state index contributed by atoms with van der Waals surface area (Å²) >= 11 is 0. The van der Waals surface area contributed by atoms with E-state index < -0.39 is 11.6 Å². The van der Waals surface area contributed by atoms with Crippen LogP contribution in [0, 0.1) is 17.6 Å². The molecule has 0 heterocycles. The monoisotopic (exact) mass is 297 g/mol. The maximum absolute atomic E-state index is 13.4. The Bertz CT molecular complexity index is 400. The molecule has 3 heteroatoms. The van der Waals surface area contributed by atoms with Gasteiger partial charge in [0.25, 0.3) is 0 Å². The van der Waals surface area contributed by atoms with E-state index in [4.69, 9.17) is 0 Å². The van der Waals surface area contributed by atoms with Crippen LogP contribution in [0.15, 0.2) is 18.2 Å². The molecule has 0 aliphatic rings. The molecular weight excluding hydrogens is 268 g/mol. The molecule has 1 atom stereocenters. The van der Waals surface area contributed by atoms with E-state index in [9.17, 15) is 8.78 Å². The molecule has 1 rings (SSSR count). The number of nitrogens with one attached hydrogen (secondary N) is 1. The van der Waals surface area contributed by atoms with E-state index in [1.54, 1.807) is 6.07 Å². The van der Waals surface area contributed by atoms with Crippen molar-refractivity contribution in [3.8, 4) is 0 Å². The van der Waals surface area contributed by atoms with E-state index in [1.807, 2.05) is 0 Å². The molecule has 0 spiro atoms. The lowest BCUT2D eigenvalue weighted by atomic mass is 9.86. The summed E-state index contributed by atoms with van der Waals surface area (Å²) in [6.07, 6.45) is 6.53. The van der Waals surface area contributed by atoms with Crippen molar-refractivity contribution in [2.24, 2.45) is 5.92 Å². The molecule has 0 aromatic heterocycles. The molecule has 1 aromatic rings. The van der Waals surface area contributed by atoms with Crippen molar-refractivity contribution in [1.29, 1.82) is 0 Å². The third-order valence-corrected chi connectivity index (χ3v) is 3.98. The summed E-state index contributed by atoms with van der Waals surface area (Å²) in [5.41, 5.74) is 0.875. The summed E-state index contributed by atoms with van der Waals surface area (Å²) in [6, 6.07) is 4.62. The van der Waals surface area contributed by atoms with Gasteiger partial charge >= 0.3 is 0 Å². The summed E-state index contributed by atoms with van der Waals surface area (Å²) in [5, 5.41) is 3.61. The van der Waals surface area contributed by atoms with Crippen molar-refractivity contribution >= 4 is 0 Å². The molecular formula is C18H29F2N. The first-order valence-electron chi connectivity index (χ1n) is 8.29. The van der Waals surface area contributed by atoms with Gasteiger partial charge in [0, 0.05) is 6.04 Å². The van der Waals surface area contributed by atoms with Gasteiger partial charge in [0.15, 0.2) is 11.6 Å². The second-order valence-electron chi connectivity index (χ2n) is 5.85. The average molecular weight is 297 g/mol. The van der Waals surface area contributed by atoms with E-state index in [2.05, 4.69) is 26.1 Å². The van der Waals surface area contributed by atoms with Crippen molar-refractivity contribution in [1.82, 2.24) is 5.32 Å². The average Bonchev–Trinajstić information content (AvgIpc) is 2.47. The van der Waals surface area contributed by atoms with E-state index in [1.165, 1.54) is 25.0 Å². The van der Waals surface area contributed by atoms with Crippen LogP contribution in [0.2, 0.25) is 0 Å². The molecule has 1 nitrogen and oxygen atoms in total. The van der Waals surface area contributed by atoms with Crippen LogP contribution >= 0.6 is 0 Å². The minimum Gasteiger partial charge on any atom is -0.313 e. The van der Waals surface area contributed by atoms with Crippen molar-refractivity contribution in [3.63, 3.8) is 0 Å². The number of hydrogen-bond acceptors (Lipinski definition) is 1. The second-order valence-corrected chi connectivity index (χ2v) is 5.85. The fourth-order valence-corrected chi connectivity index (χ4v) is 2.94. The van der Waals surface area contributed by atoms with Crippen molar-refractivity contribution in [2.75, 3.05) is 6.54 Å². The largest absolute Gasteiger partial charge is 0.313 e. The van der Waals surface area contributed by atoms with Crippen molar-refractivity contribution < 1.29 is 8.78 Å². The third kappa shape index (κ3) is 6.13. The topological polar surface area (TPSA) is 12.0 Å². The van der Waals surface area contributed by atoms with Gasteiger partial charge in [-0.05, 0) is 55.8 Å². The van der Waals surface area contributed by atoms with Crippen LogP contribution in [0.5, 0.6) is 0 Å². The minimum atomic E-state index is -0.768. The van der Waals surface area contributed by atoms with Crippen LogP contribution in [0.4, 0.5) is 8.78 Å². The molecule has 0 radical (unpaired) electrons. The van der Waals surface area contributed by atoms with Gasteiger partial charge in [0.05, 0.1) is 0 Å². The number of halogens is 2. The lowest BCUT2D eigenvalue weighted by Crippen LogP contribution is -2.38. The first-order valence-corrected chi connectivity index (χ1v) is 8.29. The molecule has 0 aliphatic heterocycles. The van der Waals surface area contributed by atoms with E-state index in [0.29, 0.717) is 12.0 Å². The van der Waals surface area contributed by atoms with Crippen molar-refractivity contribution in [3.05, 3.63) is 35.4 Å². The molecule has 0 saturated heterocycles. The summed E-state index contributed by atoms with van der Waals surface area (Å²) in [5.74, 6) is -0.917. The highest BCUT2D eigenvalue weighted by Crippen LogP contribution is 2.22. The lowest BCUT2D eigenvalue weighted by Gasteiger charge is -2.28. The van der Waals surface area contributed by atoms with Gasteiger partial charge < -0.3 is 5.32 Å². The number of rotatable bonds is 10. The Balaban J connectivity index is 2.81. The predicted octanol–water partition coefficient (Wildman–Crippen LogP) is 5.09. The highest BCUT2D eigenvalue weighted by molar-refractivity contribution is 5.19. The van der Waals surface area contributed by atoms with Gasteiger partial charge in [0.1, 0.15) is 0 Å². The summed E-state index contributed by atoms with van der Waals surface area (Å²) in [4.78, 5) is 0. The maximum atomic E-state index is 13.4. The lowest BCUT2D eigenvalue weighted by molar-refractivity contribution is 0.308. The van der Waals surface area contributed by atoms with Crippen LogP contribution in [0.1, 0.15) is 58.4 Å². The van der Waals surface area contributed by atoms with Crippen LogP contribution in [-0.4, -0.2) is 12.6 Å². The van der Waals surface area contributed by atoms with Gasteiger partial charge in [-0.15, -0.1) is 0 Å². The fraction of sp³-hybridized carbons (Fsp3) is 0.667. The Hall–Kier alpha value is -0.960. The van der Waals surface area contributed by atoms with E-state index >= 15 is 0 Å². The fourth-order valence-electron chi connectivity index (χ4n) is 2.94. The molecule has 1 unspecified atom stereocenters. The number of hydrogen-bond donors (Lipinski definition) is 1. The zero-order chi connectivity index (χ0) is 15.7. The molecule has 21 heavy (non-hydrogen) atoms. The maximum Gasteiger partial charge on any atom is 0.159 e. The highest BCUT2D eigenvalue weighted by atomic mass is 19.2.